The number of carboxylic acid groups (broad SMARTS) is 1. The second-order valence-corrected chi connectivity index (χ2v) is 3.91. The highest BCUT2D eigenvalue weighted by atomic mass is 35.5. The van der Waals surface area contributed by atoms with Crippen LogP contribution in [0.5, 0.6) is 17.2 Å². The number of halogens is 1. The van der Waals surface area contributed by atoms with Crippen molar-refractivity contribution in [3.8, 4) is 17.2 Å². The van der Waals surface area contributed by atoms with Crippen LogP contribution in [-0.2, 0) is 0 Å². The third-order valence-electron chi connectivity index (χ3n) is 2.24. The summed E-state index contributed by atoms with van der Waals surface area (Å²) < 4.78 is 15.9. The Morgan fingerprint density at radius 2 is 1.89 bits per heavy atom. The van der Waals surface area contributed by atoms with E-state index >= 15 is 0 Å². The van der Waals surface area contributed by atoms with E-state index in [1.165, 1.54) is 26.4 Å². The van der Waals surface area contributed by atoms with Crippen molar-refractivity contribution in [2.24, 2.45) is 0 Å². The lowest BCUT2D eigenvalue weighted by molar-refractivity contribution is 0.209. The normalized spacial score (nSPS) is 9.84. The molecule has 0 saturated heterocycles. The minimum absolute atomic E-state index is 0.339. The van der Waals surface area contributed by atoms with Gasteiger partial charge in [-0.3, -0.25) is 5.32 Å². The van der Waals surface area contributed by atoms with E-state index in [-0.39, 0.29) is 0 Å². The lowest BCUT2D eigenvalue weighted by Crippen LogP contribution is -2.08. The predicted molar refractivity (Wildman–Crippen MR) is 72.0 cm³/mol. The number of hydrogen-bond donors (Lipinski definition) is 2. The average molecular weight is 290 g/mol. The van der Waals surface area contributed by atoms with Crippen molar-refractivity contribution < 1.29 is 24.1 Å². The fraction of sp³-hybridized carbons (Fsp3) is 0.417. The summed E-state index contributed by atoms with van der Waals surface area (Å²) in [7, 11) is 2.93. The number of anilines is 1. The highest BCUT2D eigenvalue weighted by Crippen LogP contribution is 2.40. The third kappa shape index (κ3) is 4.40. The standard InChI is InChI=1S/C12H16ClNO5/c1-17-9-6-8(14-12(15)16)7-10(18-2)11(9)19-5-3-4-13/h6-7,14H,3-5H2,1-2H3,(H,15,16). The van der Waals surface area contributed by atoms with E-state index in [9.17, 15) is 4.79 Å². The van der Waals surface area contributed by atoms with Gasteiger partial charge in [-0.25, -0.2) is 4.79 Å². The van der Waals surface area contributed by atoms with Gasteiger partial charge in [0.25, 0.3) is 0 Å². The van der Waals surface area contributed by atoms with Gasteiger partial charge >= 0.3 is 6.09 Å². The number of carbonyl (C=O) groups is 1. The van der Waals surface area contributed by atoms with Gasteiger partial charge in [-0.1, -0.05) is 0 Å². The Balaban J connectivity index is 3.03. The molecule has 0 heterocycles. The van der Waals surface area contributed by atoms with Gasteiger partial charge in [-0.05, 0) is 6.42 Å². The van der Waals surface area contributed by atoms with Crippen LogP contribution in [0.15, 0.2) is 12.1 Å². The molecule has 0 aliphatic rings. The molecule has 0 unspecified atom stereocenters. The van der Waals surface area contributed by atoms with Gasteiger partial charge in [0.2, 0.25) is 5.75 Å². The smallest absolute Gasteiger partial charge is 0.409 e. The number of ether oxygens (including phenoxy) is 3. The van der Waals surface area contributed by atoms with Gasteiger partial charge < -0.3 is 19.3 Å². The summed E-state index contributed by atoms with van der Waals surface area (Å²) >= 11 is 5.58. The second kappa shape index (κ2) is 7.58. The molecule has 0 bridgehead atoms. The van der Waals surface area contributed by atoms with Crippen molar-refractivity contribution in [1.82, 2.24) is 0 Å². The summed E-state index contributed by atoms with van der Waals surface area (Å²) in [6.07, 6.45) is -0.483. The number of nitrogens with one attached hydrogen (secondary N) is 1. The fourth-order valence-corrected chi connectivity index (χ4v) is 1.56. The van der Waals surface area contributed by atoms with Crippen molar-refractivity contribution >= 4 is 23.4 Å². The van der Waals surface area contributed by atoms with Gasteiger partial charge in [0, 0.05) is 18.0 Å². The molecule has 0 aromatic heterocycles. The highest BCUT2D eigenvalue weighted by molar-refractivity contribution is 6.17. The summed E-state index contributed by atoms with van der Waals surface area (Å²) in [5.74, 6) is 1.69. The molecule has 1 aromatic rings. The number of methoxy groups -OCH3 is 2. The lowest BCUT2D eigenvalue weighted by Gasteiger charge is -2.15. The SMILES string of the molecule is COc1cc(NC(=O)O)cc(OC)c1OCCCCl. The molecule has 0 atom stereocenters. The molecule has 1 amide bonds. The van der Waals surface area contributed by atoms with E-state index in [0.29, 0.717) is 41.8 Å². The Kier molecular flexibility index (Phi) is 6.08. The average Bonchev–Trinajstić information content (AvgIpc) is 2.38. The molecular weight excluding hydrogens is 274 g/mol. The van der Waals surface area contributed by atoms with Crippen LogP contribution in [0.4, 0.5) is 10.5 Å². The van der Waals surface area contributed by atoms with Crippen molar-refractivity contribution in [3.63, 3.8) is 0 Å². The van der Waals surface area contributed by atoms with Crippen molar-refractivity contribution in [2.75, 3.05) is 32.0 Å². The molecule has 6 nitrogen and oxygen atoms in total. The Bertz CT molecular complexity index is 413. The third-order valence-corrected chi connectivity index (χ3v) is 2.50. The number of hydrogen-bond acceptors (Lipinski definition) is 4. The van der Waals surface area contributed by atoms with Crippen LogP contribution in [0.2, 0.25) is 0 Å². The van der Waals surface area contributed by atoms with Gasteiger partial charge in [-0.15, -0.1) is 11.6 Å². The molecule has 2 N–H and O–H groups in total. The maximum atomic E-state index is 10.6. The Hall–Kier alpha value is -1.82. The summed E-state index contributed by atoms with van der Waals surface area (Å²) in [6.45, 7) is 0.419. The van der Waals surface area contributed by atoms with E-state index in [1.54, 1.807) is 0 Å². The summed E-state index contributed by atoms with van der Waals surface area (Å²) in [5.41, 5.74) is 0.339. The van der Waals surface area contributed by atoms with Crippen LogP contribution in [0.1, 0.15) is 6.42 Å². The first-order chi connectivity index (χ1) is 9.12. The molecule has 0 aliphatic heterocycles. The molecule has 0 aliphatic carbocycles. The first-order valence-electron chi connectivity index (χ1n) is 5.57. The first-order valence-corrected chi connectivity index (χ1v) is 6.10. The van der Waals surface area contributed by atoms with Crippen molar-refractivity contribution in [3.05, 3.63) is 12.1 Å². The molecule has 1 aromatic carbocycles. The highest BCUT2D eigenvalue weighted by Gasteiger charge is 2.15. The van der Waals surface area contributed by atoms with Gasteiger partial charge in [0.1, 0.15) is 0 Å². The van der Waals surface area contributed by atoms with Crippen LogP contribution in [0, 0.1) is 0 Å². The molecule has 7 heteroatoms. The van der Waals surface area contributed by atoms with Gasteiger partial charge in [0.05, 0.1) is 26.5 Å². The fourth-order valence-electron chi connectivity index (χ4n) is 1.45. The van der Waals surface area contributed by atoms with Crippen LogP contribution >= 0.6 is 11.6 Å². The molecule has 0 fully saturated rings. The minimum atomic E-state index is -1.17. The van der Waals surface area contributed by atoms with Crippen LogP contribution in [-0.4, -0.2) is 37.9 Å². The molecule has 19 heavy (non-hydrogen) atoms. The van der Waals surface area contributed by atoms with E-state index in [4.69, 9.17) is 30.9 Å². The summed E-state index contributed by atoms with van der Waals surface area (Å²) in [5, 5.41) is 10.9. The maximum Gasteiger partial charge on any atom is 0.409 e. The van der Waals surface area contributed by atoms with E-state index in [1.807, 2.05) is 0 Å². The predicted octanol–water partition coefficient (Wildman–Crippen LogP) is 2.80. The van der Waals surface area contributed by atoms with Crippen molar-refractivity contribution in [1.29, 1.82) is 0 Å². The molecular formula is C12H16ClNO5. The molecule has 1 rings (SSSR count). The quantitative estimate of drug-likeness (QED) is 0.596. The number of alkyl halides is 1. The lowest BCUT2D eigenvalue weighted by atomic mass is 10.2. The molecule has 106 valence electrons. The minimum Gasteiger partial charge on any atom is -0.493 e. The van der Waals surface area contributed by atoms with Crippen LogP contribution < -0.4 is 19.5 Å². The first kappa shape index (κ1) is 15.2. The zero-order valence-electron chi connectivity index (χ0n) is 10.7. The van der Waals surface area contributed by atoms with E-state index in [2.05, 4.69) is 5.32 Å². The van der Waals surface area contributed by atoms with Crippen LogP contribution in [0.3, 0.4) is 0 Å². The number of benzene rings is 1. The topological polar surface area (TPSA) is 77.0 Å². The summed E-state index contributed by atoms with van der Waals surface area (Å²) in [4.78, 5) is 10.6. The van der Waals surface area contributed by atoms with Crippen LogP contribution in [0.25, 0.3) is 0 Å². The Labute approximate surface area is 116 Å². The number of amides is 1. The monoisotopic (exact) mass is 289 g/mol. The van der Waals surface area contributed by atoms with Crippen molar-refractivity contribution in [2.45, 2.75) is 6.42 Å². The Morgan fingerprint density at radius 1 is 1.32 bits per heavy atom. The number of rotatable bonds is 7. The van der Waals surface area contributed by atoms with Gasteiger partial charge in [0.15, 0.2) is 11.5 Å². The van der Waals surface area contributed by atoms with E-state index < -0.39 is 6.09 Å². The summed E-state index contributed by atoms with van der Waals surface area (Å²) in [6, 6.07) is 3.04. The molecule has 0 saturated carbocycles. The molecule has 0 spiro atoms. The second-order valence-electron chi connectivity index (χ2n) is 3.53. The zero-order valence-corrected chi connectivity index (χ0v) is 11.5. The largest absolute Gasteiger partial charge is 0.493 e. The zero-order chi connectivity index (χ0) is 14.3. The van der Waals surface area contributed by atoms with E-state index in [0.717, 1.165) is 0 Å². The molecule has 0 radical (unpaired) electrons. The Morgan fingerprint density at radius 3 is 2.32 bits per heavy atom. The maximum absolute atomic E-state index is 10.6. The van der Waals surface area contributed by atoms with Gasteiger partial charge in [-0.2, -0.15) is 0 Å².